The second-order valence-corrected chi connectivity index (χ2v) is 5.84. The molecule has 0 fully saturated rings. The lowest BCUT2D eigenvalue weighted by Gasteiger charge is -2.09. The summed E-state index contributed by atoms with van der Waals surface area (Å²) in [6.07, 6.45) is 3.99. The molecule has 6 nitrogen and oxygen atoms in total. The van der Waals surface area contributed by atoms with Crippen LogP contribution in [-0.4, -0.2) is 25.0 Å². The van der Waals surface area contributed by atoms with Gasteiger partial charge in [0.05, 0.1) is 13.2 Å². The van der Waals surface area contributed by atoms with E-state index in [-0.39, 0.29) is 11.8 Å². The maximum Gasteiger partial charge on any atom is 0.248 e. The molecular weight excluding hydrogens is 332 g/mol. The summed E-state index contributed by atoms with van der Waals surface area (Å²) in [5, 5.41) is 5.50. The van der Waals surface area contributed by atoms with E-state index in [1.54, 1.807) is 36.4 Å². The average molecular weight is 352 g/mol. The minimum absolute atomic E-state index is 0.122. The molecule has 1 aliphatic heterocycles. The molecule has 2 N–H and O–H groups in total. The van der Waals surface area contributed by atoms with Crippen LogP contribution in [0.3, 0.4) is 0 Å². The van der Waals surface area contributed by atoms with Crippen molar-refractivity contribution in [2.45, 2.75) is 13.3 Å². The first-order valence-electron chi connectivity index (χ1n) is 8.36. The van der Waals surface area contributed by atoms with Gasteiger partial charge >= 0.3 is 0 Å². The van der Waals surface area contributed by atoms with Gasteiger partial charge in [-0.1, -0.05) is 12.1 Å². The van der Waals surface area contributed by atoms with E-state index in [0.29, 0.717) is 36.1 Å². The van der Waals surface area contributed by atoms with Gasteiger partial charge in [-0.25, -0.2) is 0 Å². The molecule has 0 saturated heterocycles. The molecule has 0 radical (unpaired) electrons. The number of fused-ring (bicyclic) bond motifs is 1. The van der Waals surface area contributed by atoms with Gasteiger partial charge in [-0.15, -0.1) is 0 Å². The van der Waals surface area contributed by atoms with Crippen LogP contribution in [0.15, 0.2) is 48.5 Å². The second kappa shape index (κ2) is 8.20. The van der Waals surface area contributed by atoms with Crippen molar-refractivity contribution in [1.82, 2.24) is 0 Å². The molecule has 134 valence electrons. The smallest absolute Gasteiger partial charge is 0.248 e. The van der Waals surface area contributed by atoms with Crippen LogP contribution in [-0.2, 0) is 9.59 Å². The van der Waals surface area contributed by atoms with E-state index in [9.17, 15) is 9.59 Å². The average Bonchev–Trinajstić information content (AvgIpc) is 2.85. The molecule has 0 aromatic heterocycles. The minimum Gasteiger partial charge on any atom is -0.490 e. The summed E-state index contributed by atoms with van der Waals surface area (Å²) in [5.41, 5.74) is 2.21. The molecule has 2 aromatic carbocycles. The van der Waals surface area contributed by atoms with Crippen molar-refractivity contribution in [3.8, 4) is 11.5 Å². The predicted molar refractivity (Wildman–Crippen MR) is 100 cm³/mol. The van der Waals surface area contributed by atoms with Gasteiger partial charge in [0.2, 0.25) is 11.8 Å². The largest absolute Gasteiger partial charge is 0.490 e. The third kappa shape index (κ3) is 4.86. The van der Waals surface area contributed by atoms with Gasteiger partial charge in [0.25, 0.3) is 0 Å². The number of hydrogen-bond acceptors (Lipinski definition) is 4. The zero-order valence-corrected chi connectivity index (χ0v) is 14.5. The Morgan fingerprint density at radius 3 is 2.35 bits per heavy atom. The topological polar surface area (TPSA) is 76.7 Å². The van der Waals surface area contributed by atoms with E-state index >= 15 is 0 Å². The molecule has 2 aromatic rings. The highest BCUT2D eigenvalue weighted by atomic mass is 16.5. The standard InChI is InChI=1S/C20H20N2O4/c1-14(23)21-16-6-3-15(4-7-16)5-10-20(24)22-17-8-9-18-19(13-17)26-12-2-11-25-18/h3-10,13H,2,11-12H2,1H3,(H,21,23)(H,22,24)/b10-5+. The SMILES string of the molecule is CC(=O)Nc1ccc(/C=C/C(=O)Nc2ccc3c(c2)OCCCO3)cc1. The Hall–Kier alpha value is -3.28. The fraction of sp³-hybridized carbons (Fsp3) is 0.200. The maximum absolute atomic E-state index is 12.1. The van der Waals surface area contributed by atoms with Crippen molar-refractivity contribution in [1.29, 1.82) is 0 Å². The van der Waals surface area contributed by atoms with Gasteiger partial charge in [-0.05, 0) is 35.9 Å². The first-order chi connectivity index (χ1) is 12.6. The molecule has 0 atom stereocenters. The molecule has 0 unspecified atom stereocenters. The van der Waals surface area contributed by atoms with Gasteiger partial charge in [-0.2, -0.15) is 0 Å². The van der Waals surface area contributed by atoms with Crippen molar-refractivity contribution >= 4 is 29.3 Å². The first kappa shape index (κ1) is 17.5. The summed E-state index contributed by atoms with van der Waals surface area (Å²) >= 11 is 0. The van der Waals surface area contributed by atoms with Gasteiger partial charge in [0, 0.05) is 36.9 Å². The van der Waals surface area contributed by atoms with E-state index < -0.39 is 0 Å². The predicted octanol–water partition coefficient (Wildman–Crippen LogP) is 3.46. The molecule has 26 heavy (non-hydrogen) atoms. The zero-order valence-electron chi connectivity index (χ0n) is 14.5. The Labute approximate surface area is 151 Å². The second-order valence-electron chi connectivity index (χ2n) is 5.84. The number of carbonyl (C=O) groups excluding carboxylic acids is 2. The van der Waals surface area contributed by atoms with E-state index in [4.69, 9.17) is 9.47 Å². The fourth-order valence-electron chi connectivity index (χ4n) is 2.48. The highest BCUT2D eigenvalue weighted by Gasteiger charge is 2.11. The summed E-state index contributed by atoms with van der Waals surface area (Å²) in [4.78, 5) is 23.1. The monoisotopic (exact) mass is 352 g/mol. The first-order valence-corrected chi connectivity index (χ1v) is 8.36. The number of nitrogens with one attached hydrogen (secondary N) is 2. The molecule has 0 aliphatic carbocycles. The van der Waals surface area contributed by atoms with Crippen molar-refractivity contribution < 1.29 is 19.1 Å². The highest BCUT2D eigenvalue weighted by molar-refractivity contribution is 6.02. The van der Waals surface area contributed by atoms with E-state index in [0.717, 1.165) is 12.0 Å². The number of rotatable bonds is 4. The summed E-state index contributed by atoms with van der Waals surface area (Å²) < 4.78 is 11.2. The molecule has 0 spiro atoms. The van der Waals surface area contributed by atoms with Crippen LogP contribution in [0.5, 0.6) is 11.5 Å². The normalized spacial score (nSPS) is 13.1. The Morgan fingerprint density at radius 1 is 0.923 bits per heavy atom. The molecule has 0 saturated carbocycles. The van der Waals surface area contributed by atoms with Crippen LogP contribution >= 0.6 is 0 Å². The number of anilines is 2. The van der Waals surface area contributed by atoms with E-state index in [1.807, 2.05) is 12.1 Å². The third-order valence-corrected chi connectivity index (χ3v) is 3.67. The van der Waals surface area contributed by atoms with Crippen LogP contribution in [0.1, 0.15) is 18.9 Å². The lowest BCUT2D eigenvalue weighted by Crippen LogP contribution is -2.08. The highest BCUT2D eigenvalue weighted by Crippen LogP contribution is 2.32. The molecule has 1 aliphatic rings. The van der Waals surface area contributed by atoms with Gasteiger partial charge in [0.15, 0.2) is 11.5 Å². The fourth-order valence-corrected chi connectivity index (χ4v) is 2.48. The summed E-state index contributed by atoms with van der Waals surface area (Å²) in [5.74, 6) is 0.960. The number of amides is 2. The van der Waals surface area contributed by atoms with Crippen molar-refractivity contribution in [2.24, 2.45) is 0 Å². The van der Waals surface area contributed by atoms with Crippen LogP contribution < -0.4 is 20.1 Å². The van der Waals surface area contributed by atoms with Gasteiger partial charge in [-0.3, -0.25) is 9.59 Å². The molecule has 6 heteroatoms. The molecule has 3 rings (SSSR count). The van der Waals surface area contributed by atoms with Crippen LogP contribution in [0, 0.1) is 0 Å². The van der Waals surface area contributed by atoms with E-state index in [1.165, 1.54) is 13.0 Å². The maximum atomic E-state index is 12.1. The van der Waals surface area contributed by atoms with Crippen LogP contribution in [0.4, 0.5) is 11.4 Å². The Bertz CT molecular complexity index is 828. The number of carbonyl (C=O) groups is 2. The van der Waals surface area contributed by atoms with Gasteiger partial charge in [0.1, 0.15) is 0 Å². The Kier molecular flexibility index (Phi) is 5.53. The van der Waals surface area contributed by atoms with Crippen molar-refractivity contribution in [3.63, 3.8) is 0 Å². The zero-order chi connectivity index (χ0) is 18.4. The Morgan fingerprint density at radius 2 is 1.62 bits per heavy atom. The van der Waals surface area contributed by atoms with Crippen molar-refractivity contribution in [3.05, 3.63) is 54.1 Å². The molecule has 1 heterocycles. The lowest BCUT2D eigenvalue weighted by molar-refractivity contribution is -0.114. The lowest BCUT2D eigenvalue weighted by atomic mass is 10.2. The molecular formula is C20H20N2O4. The molecule has 2 amide bonds. The van der Waals surface area contributed by atoms with E-state index in [2.05, 4.69) is 10.6 Å². The summed E-state index contributed by atoms with van der Waals surface area (Å²) in [7, 11) is 0. The quantitative estimate of drug-likeness (QED) is 0.826. The minimum atomic E-state index is -0.245. The number of ether oxygens (including phenoxy) is 2. The molecule has 0 bridgehead atoms. The van der Waals surface area contributed by atoms with Gasteiger partial charge < -0.3 is 20.1 Å². The van der Waals surface area contributed by atoms with Crippen LogP contribution in [0.25, 0.3) is 6.08 Å². The number of benzene rings is 2. The summed E-state index contributed by atoms with van der Waals surface area (Å²) in [6.45, 7) is 2.68. The summed E-state index contributed by atoms with van der Waals surface area (Å²) in [6, 6.07) is 12.5. The van der Waals surface area contributed by atoms with Crippen molar-refractivity contribution in [2.75, 3.05) is 23.8 Å². The number of hydrogen-bond donors (Lipinski definition) is 2. The van der Waals surface area contributed by atoms with Crippen LogP contribution in [0.2, 0.25) is 0 Å². The Balaban J connectivity index is 1.60. The third-order valence-electron chi connectivity index (χ3n) is 3.67.